The summed E-state index contributed by atoms with van der Waals surface area (Å²) in [5.41, 5.74) is 2.46. The van der Waals surface area contributed by atoms with Crippen LogP contribution in [0.25, 0.3) is 10.6 Å². The van der Waals surface area contributed by atoms with Crippen molar-refractivity contribution in [3.63, 3.8) is 0 Å². The van der Waals surface area contributed by atoms with Crippen LogP contribution in [0.4, 0.5) is 0 Å². The molecule has 0 radical (unpaired) electrons. The van der Waals surface area contributed by atoms with E-state index in [1.807, 2.05) is 11.7 Å². The summed E-state index contributed by atoms with van der Waals surface area (Å²) in [6.45, 7) is 6.03. The van der Waals surface area contributed by atoms with Crippen molar-refractivity contribution < 1.29 is 0 Å². The zero-order chi connectivity index (χ0) is 18.2. The number of aromatic nitrogens is 5. The van der Waals surface area contributed by atoms with E-state index in [0.717, 1.165) is 63.6 Å². The van der Waals surface area contributed by atoms with E-state index in [4.69, 9.17) is 5.10 Å². The van der Waals surface area contributed by atoms with Crippen molar-refractivity contribution in [1.29, 1.82) is 0 Å². The van der Waals surface area contributed by atoms with E-state index in [1.165, 1.54) is 16.3 Å². The summed E-state index contributed by atoms with van der Waals surface area (Å²) in [6, 6.07) is 4.25. The third kappa shape index (κ3) is 3.74. The van der Waals surface area contributed by atoms with E-state index in [1.54, 1.807) is 11.3 Å². The molecule has 0 spiro atoms. The number of likely N-dealkylation sites (tertiary alicyclic amines) is 1. The van der Waals surface area contributed by atoms with Crippen LogP contribution in [-0.2, 0) is 26.7 Å². The van der Waals surface area contributed by atoms with Crippen LogP contribution in [0.3, 0.4) is 0 Å². The van der Waals surface area contributed by atoms with Crippen LogP contribution in [0.2, 0.25) is 0 Å². The highest BCUT2D eigenvalue weighted by Crippen LogP contribution is 2.31. The van der Waals surface area contributed by atoms with Gasteiger partial charge in [-0.05, 0) is 37.4 Å². The summed E-state index contributed by atoms with van der Waals surface area (Å²) >= 11 is 1.76. The Kier molecular flexibility index (Phi) is 5.82. The van der Waals surface area contributed by atoms with Crippen molar-refractivity contribution in [3.05, 3.63) is 40.9 Å². The number of piperidine rings is 1. The molecule has 3 aromatic rings. The normalized spacial score (nSPS) is 18.0. The molecule has 2 aliphatic rings. The average Bonchev–Trinajstić information content (AvgIpc) is 3.42. The van der Waals surface area contributed by atoms with E-state index in [-0.39, 0.29) is 12.4 Å². The van der Waals surface area contributed by atoms with Crippen molar-refractivity contribution in [2.75, 3.05) is 19.6 Å². The standard InChI is InChI=1S/C19H25N7S.ClH/c1-24-12-15(18(23-24)16-3-2-10-27-16)13-25-7-4-14(5-8-25)19-22-21-17-11-20-6-9-26(17)19;/h2-3,10,12,14,20H,4-9,11,13H2,1H3;1H. The number of nitrogens with one attached hydrogen (secondary N) is 1. The highest BCUT2D eigenvalue weighted by Gasteiger charge is 2.27. The van der Waals surface area contributed by atoms with Crippen LogP contribution in [-0.4, -0.2) is 49.1 Å². The van der Waals surface area contributed by atoms with Crippen LogP contribution in [0.5, 0.6) is 0 Å². The zero-order valence-corrected chi connectivity index (χ0v) is 17.7. The SMILES string of the molecule is Cl.Cn1cc(CN2CCC(c3nnc4n3CCNC4)CC2)c(-c2cccs2)n1. The summed E-state index contributed by atoms with van der Waals surface area (Å²) in [4.78, 5) is 3.81. The minimum absolute atomic E-state index is 0. The van der Waals surface area contributed by atoms with Crippen molar-refractivity contribution in [2.24, 2.45) is 7.05 Å². The van der Waals surface area contributed by atoms with Gasteiger partial charge < -0.3 is 9.88 Å². The van der Waals surface area contributed by atoms with Gasteiger partial charge in [0.05, 0.1) is 11.4 Å². The first-order valence-corrected chi connectivity index (χ1v) is 10.6. The van der Waals surface area contributed by atoms with E-state index < -0.39 is 0 Å². The fourth-order valence-electron chi connectivity index (χ4n) is 4.28. The van der Waals surface area contributed by atoms with Gasteiger partial charge in [0.2, 0.25) is 0 Å². The van der Waals surface area contributed by atoms with Crippen molar-refractivity contribution in [3.8, 4) is 10.6 Å². The van der Waals surface area contributed by atoms with Gasteiger partial charge in [0, 0.05) is 44.4 Å². The van der Waals surface area contributed by atoms with Gasteiger partial charge in [-0.3, -0.25) is 9.58 Å². The Labute approximate surface area is 175 Å². The van der Waals surface area contributed by atoms with Gasteiger partial charge in [0.15, 0.2) is 0 Å². The molecular formula is C19H26ClN7S. The molecule has 0 unspecified atom stereocenters. The first-order valence-electron chi connectivity index (χ1n) is 9.69. The molecule has 1 N–H and O–H groups in total. The molecule has 7 nitrogen and oxygen atoms in total. The molecule has 0 aliphatic carbocycles. The summed E-state index contributed by atoms with van der Waals surface area (Å²) in [6.07, 6.45) is 4.48. The van der Waals surface area contributed by atoms with Gasteiger partial charge in [-0.15, -0.1) is 33.9 Å². The van der Waals surface area contributed by atoms with Crippen LogP contribution in [0.15, 0.2) is 23.7 Å². The van der Waals surface area contributed by atoms with Gasteiger partial charge in [-0.2, -0.15) is 5.10 Å². The van der Waals surface area contributed by atoms with Crippen LogP contribution in [0.1, 0.15) is 36.0 Å². The van der Waals surface area contributed by atoms with Crippen molar-refractivity contribution in [2.45, 2.75) is 38.4 Å². The molecule has 0 bridgehead atoms. The lowest BCUT2D eigenvalue weighted by molar-refractivity contribution is 0.199. The Morgan fingerprint density at radius 3 is 2.86 bits per heavy atom. The number of aryl methyl sites for hydroxylation is 1. The molecule has 9 heteroatoms. The summed E-state index contributed by atoms with van der Waals surface area (Å²) < 4.78 is 4.28. The second-order valence-corrected chi connectivity index (χ2v) is 8.45. The Morgan fingerprint density at radius 1 is 1.21 bits per heavy atom. The second-order valence-electron chi connectivity index (χ2n) is 7.51. The Balaban J connectivity index is 0.00000192. The Bertz CT molecular complexity index is 909. The van der Waals surface area contributed by atoms with Gasteiger partial charge in [-0.1, -0.05) is 6.07 Å². The number of hydrogen-bond acceptors (Lipinski definition) is 6. The van der Waals surface area contributed by atoms with Gasteiger partial charge in [0.25, 0.3) is 0 Å². The minimum atomic E-state index is 0. The van der Waals surface area contributed by atoms with E-state index >= 15 is 0 Å². The number of nitrogens with zero attached hydrogens (tertiary/aromatic N) is 6. The maximum absolute atomic E-state index is 4.70. The Hall–Kier alpha value is -1.74. The maximum Gasteiger partial charge on any atom is 0.147 e. The van der Waals surface area contributed by atoms with Gasteiger partial charge in [0.1, 0.15) is 17.3 Å². The van der Waals surface area contributed by atoms with E-state index in [9.17, 15) is 0 Å². The molecular weight excluding hydrogens is 394 g/mol. The zero-order valence-electron chi connectivity index (χ0n) is 16.0. The fourth-order valence-corrected chi connectivity index (χ4v) is 5.03. The number of hydrogen-bond donors (Lipinski definition) is 1. The minimum Gasteiger partial charge on any atom is -0.312 e. The highest BCUT2D eigenvalue weighted by atomic mass is 35.5. The monoisotopic (exact) mass is 419 g/mol. The molecule has 5 heterocycles. The molecule has 5 rings (SSSR count). The lowest BCUT2D eigenvalue weighted by atomic mass is 9.95. The predicted molar refractivity (Wildman–Crippen MR) is 113 cm³/mol. The van der Waals surface area contributed by atoms with Gasteiger partial charge in [-0.25, -0.2) is 0 Å². The topological polar surface area (TPSA) is 63.8 Å². The number of thiophene rings is 1. The summed E-state index contributed by atoms with van der Waals surface area (Å²) in [7, 11) is 2.01. The molecule has 1 saturated heterocycles. The molecule has 0 saturated carbocycles. The molecule has 2 aliphatic heterocycles. The molecule has 28 heavy (non-hydrogen) atoms. The first-order chi connectivity index (χ1) is 13.3. The lowest BCUT2D eigenvalue weighted by Crippen LogP contribution is -2.34. The highest BCUT2D eigenvalue weighted by molar-refractivity contribution is 7.13. The third-order valence-electron chi connectivity index (χ3n) is 5.66. The number of halogens is 1. The third-order valence-corrected chi connectivity index (χ3v) is 6.53. The largest absolute Gasteiger partial charge is 0.312 e. The molecule has 1 fully saturated rings. The quantitative estimate of drug-likeness (QED) is 0.704. The van der Waals surface area contributed by atoms with Gasteiger partial charge >= 0.3 is 0 Å². The van der Waals surface area contributed by atoms with Crippen LogP contribution >= 0.6 is 23.7 Å². The molecule has 0 aromatic carbocycles. The van der Waals surface area contributed by atoms with Crippen molar-refractivity contribution >= 4 is 23.7 Å². The molecule has 0 amide bonds. The Morgan fingerprint density at radius 2 is 2.07 bits per heavy atom. The van der Waals surface area contributed by atoms with Crippen LogP contribution in [0, 0.1) is 0 Å². The summed E-state index contributed by atoms with van der Waals surface area (Å²) in [5.74, 6) is 2.83. The average molecular weight is 420 g/mol. The smallest absolute Gasteiger partial charge is 0.147 e. The maximum atomic E-state index is 4.70. The van der Waals surface area contributed by atoms with Crippen molar-refractivity contribution in [1.82, 2.24) is 34.8 Å². The lowest BCUT2D eigenvalue weighted by Gasteiger charge is -2.32. The fraction of sp³-hybridized carbons (Fsp3) is 0.526. The van der Waals surface area contributed by atoms with E-state index in [0.29, 0.717) is 5.92 Å². The number of rotatable bonds is 4. The molecule has 0 atom stereocenters. The number of fused-ring (bicyclic) bond motifs is 1. The summed E-state index contributed by atoms with van der Waals surface area (Å²) in [5, 5.41) is 19.1. The molecule has 3 aromatic heterocycles. The second kappa shape index (κ2) is 8.32. The predicted octanol–water partition coefficient (Wildman–Crippen LogP) is 2.64. The molecule has 150 valence electrons. The van der Waals surface area contributed by atoms with E-state index in [2.05, 4.69) is 48.7 Å². The van der Waals surface area contributed by atoms with Crippen LogP contribution < -0.4 is 5.32 Å². The first kappa shape index (κ1) is 19.6.